The number of ether oxygens (including phenoxy) is 1. The Bertz CT molecular complexity index is 1010. The Balaban J connectivity index is 1.81. The van der Waals surface area contributed by atoms with Gasteiger partial charge in [-0.05, 0) is 30.2 Å². The van der Waals surface area contributed by atoms with Crippen molar-refractivity contribution in [1.29, 1.82) is 0 Å². The summed E-state index contributed by atoms with van der Waals surface area (Å²) < 4.78 is 5.53. The molecule has 2 aromatic carbocycles. The first-order valence-electron chi connectivity index (χ1n) is 10.0. The molecule has 1 unspecified atom stereocenters. The summed E-state index contributed by atoms with van der Waals surface area (Å²) in [6, 6.07) is 15.8. The molecule has 0 aliphatic carbocycles. The van der Waals surface area contributed by atoms with Gasteiger partial charge >= 0.3 is 0 Å². The van der Waals surface area contributed by atoms with E-state index in [4.69, 9.17) is 10.5 Å². The zero-order chi connectivity index (χ0) is 20.2. The molecule has 3 aromatic rings. The van der Waals surface area contributed by atoms with E-state index >= 15 is 0 Å². The van der Waals surface area contributed by atoms with E-state index in [0.29, 0.717) is 5.56 Å². The van der Waals surface area contributed by atoms with Crippen LogP contribution in [0.2, 0.25) is 0 Å². The smallest absolute Gasteiger partial charge is 0.250 e. The van der Waals surface area contributed by atoms with Gasteiger partial charge in [0.05, 0.1) is 30.0 Å². The maximum Gasteiger partial charge on any atom is 0.250 e. The number of carbonyl (C=O) groups excluding carboxylic acids is 1. The molecule has 6 nitrogen and oxygen atoms in total. The molecule has 0 radical (unpaired) electrons. The molecule has 1 fully saturated rings. The lowest BCUT2D eigenvalue weighted by molar-refractivity contribution is 0.0154. The van der Waals surface area contributed by atoms with E-state index in [0.717, 1.165) is 60.6 Å². The number of pyridine rings is 1. The topological polar surface area (TPSA) is 80.5 Å². The normalized spacial score (nSPS) is 15.9. The Hall–Kier alpha value is -2.96. The molecule has 29 heavy (non-hydrogen) atoms. The summed E-state index contributed by atoms with van der Waals surface area (Å²) in [6.07, 6.45) is 2.70. The number of anilines is 2. The van der Waals surface area contributed by atoms with Crippen LogP contribution in [0.5, 0.6) is 0 Å². The van der Waals surface area contributed by atoms with Crippen LogP contribution in [0.3, 0.4) is 0 Å². The fourth-order valence-electron chi connectivity index (χ4n) is 4.10. The first-order valence-corrected chi connectivity index (χ1v) is 10.0. The molecule has 1 aliphatic heterocycles. The molecule has 1 saturated heterocycles. The van der Waals surface area contributed by atoms with Crippen molar-refractivity contribution < 1.29 is 9.53 Å². The van der Waals surface area contributed by atoms with Crippen LogP contribution in [0, 0.1) is 0 Å². The molecule has 0 spiro atoms. The predicted molar refractivity (Wildman–Crippen MR) is 115 cm³/mol. The minimum absolute atomic E-state index is 0.175. The molecule has 0 bridgehead atoms. The quantitative estimate of drug-likeness (QED) is 0.668. The zero-order valence-electron chi connectivity index (χ0n) is 16.6. The highest BCUT2D eigenvalue weighted by Crippen LogP contribution is 2.36. The average Bonchev–Trinajstić information content (AvgIpc) is 2.76. The van der Waals surface area contributed by atoms with E-state index in [1.165, 1.54) is 0 Å². The number of hydrogen-bond acceptors (Lipinski definition) is 5. The molecule has 1 aromatic heterocycles. The number of fused-ring (bicyclic) bond motifs is 1. The van der Waals surface area contributed by atoms with Crippen molar-refractivity contribution in [2.75, 3.05) is 31.6 Å². The second kappa shape index (κ2) is 8.59. The largest absolute Gasteiger partial charge is 0.379 e. The van der Waals surface area contributed by atoms with Crippen LogP contribution in [-0.4, -0.2) is 42.1 Å². The van der Waals surface area contributed by atoms with Gasteiger partial charge in [0.2, 0.25) is 0 Å². The SMILES string of the molecule is CCC(c1cccc(C(N)=O)c1Nc1ccnc2ccccc12)N1CCOCC1. The lowest BCUT2D eigenvalue weighted by Gasteiger charge is -2.35. The monoisotopic (exact) mass is 390 g/mol. The fourth-order valence-corrected chi connectivity index (χ4v) is 4.10. The van der Waals surface area contributed by atoms with Gasteiger partial charge in [0.1, 0.15) is 0 Å². The lowest BCUT2D eigenvalue weighted by atomic mass is 9.96. The Kier molecular flexibility index (Phi) is 5.74. The number of morpholine rings is 1. The van der Waals surface area contributed by atoms with Crippen LogP contribution in [0.1, 0.15) is 35.3 Å². The van der Waals surface area contributed by atoms with Crippen LogP contribution in [0.25, 0.3) is 10.9 Å². The van der Waals surface area contributed by atoms with Gasteiger partial charge < -0.3 is 15.8 Å². The molecule has 4 rings (SSSR count). The van der Waals surface area contributed by atoms with Crippen LogP contribution in [-0.2, 0) is 4.74 Å². The van der Waals surface area contributed by atoms with Crippen molar-refractivity contribution in [2.45, 2.75) is 19.4 Å². The number of nitrogens with zero attached hydrogens (tertiary/aromatic N) is 2. The second-order valence-electron chi connectivity index (χ2n) is 7.21. The predicted octanol–water partition coefficient (Wildman–Crippen LogP) is 3.86. The Morgan fingerprint density at radius 3 is 2.72 bits per heavy atom. The molecule has 1 aliphatic rings. The Morgan fingerprint density at radius 2 is 1.97 bits per heavy atom. The van der Waals surface area contributed by atoms with Crippen molar-refractivity contribution >= 4 is 28.2 Å². The van der Waals surface area contributed by atoms with E-state index in [9.17, 15) is 4.79 Å². The molecule has 3 N–H and O–H groups in total. The van der Waals surface area contributed by atoms with Gasteiger partial charge in [-0.15, -0.1) is 0 Å². The number of carbonyl (C=O) groups is 1. The van der Waals surface area contributed by atoms with E-state index in [-0.39, 0.29) is 6.04 Å². The number of amides is 1. The molecule has 6 heteroatoms. The molecule has 1 atom stereocenters. The first kappa shape index (κ1) is 19.4. The summed E-state index contributed by atoms with van der Waals surface area (Å²) in [6.45, 7) is 5.37. The third-order valence-electron chi connectivity index (χ3n) is 5.50. The summed E-state index contributed by atoms with van der Waals surface area (Å²) in [5.41, 5.74) is 9.89. The van der Waals surface area contributed by atoms with Crippen molar-refractivity contribution in [3.8, 4) is 0 Å². The lowest BCUT2D eigenvalue weighted by Crippen LogP contribution is -2.39. The van der Waals surface area contributed by atoms with Crippen molar-refractivity contribution in [1.82, 2.24) is 9.88 Å². The third-order valence-corrected chi connectivity index (χ3v) is 5.50. The van der Waals surface area contributed by atoms with E-state index in [2.05, 4.69) is 28.2 Å². The molecule has 150 valence electrons. The number of rotatable bonds is 6. The van der Waals surface area contributed by atoms with Gasteiger partial charge in [-0.1, -0.05) is 37.3 Å². The number of para-hydroxylation sites is 2. The number of primary amides is 1. The Labute approximate surface area is 170 Å². The highest BCUT2D eigenvalue weighted by molar-refractivity contribution is 6.02. The van der Waals surface area contributed by atoms with Gasteiger partial charge in [-0.2, -0.15) is 0 Å². The number of benzene rings is 2. The molecule has 1 amide bonds. The number of nitrogens with one attached hydrogen (secondary N) is 1. The van der Waals surface area contributed by atoms with Crippen molar-refractivity contribution in [3.63, 3.8) is 0 Å². The molecular weight excluding hydrogens is 364 g/mol. The molecule has 0 saturated carbocycles. The zero-order valence-corrected chi connectivity index (χ0v) is 16.6. The van der Waals surface area contributed by atoms with Crippen molar-refractivity contribution in [3.05, 3.63) is 65.9 Å². The van der Waals surface area contributed by atoms with Gasteiger partial charge in [-0.3, -0.25) is 14.7 Å². The highest BCUT2D eigenvalue weighted by atomic mass is 16.5. The summed E-state index contributed by atoms with van der Waals surface area (Å²) >= 11 is 0. The van der Waals surface area contributed by atoms with Crippen LogP contribution < -0.4 is 11.1 Å². The maximum atomic E-state index is 12.3. The Morgan fingerprint density at radius 1 is 1.17 bits per heavy atom. The molecular formula is C23H26N4O2. The van der Waals surface area contributed by atoms with Gasteiger partial charge in [0.15, 0.2) is 0 Å². The average molecular weight is 390 g/mol. The van der Waals surface area contributed by atoms with Crippen LogP contribution >= 0.6 is 0 Å². The summed E-state index contributed by atoms with van der Waals surface area (Å²) in [7, 11) is 0. The van der Waals surface area contributed by atoms with Crippen LogP contribution in [0.4, 0.5) is 11.4 Å². The fraction of sp³-hybridized carbons (Fsp3) is 0.304. The minimum atomic E-state index is -0.440. The summed E-state index contributed by atoms with van der Waals surface area (Å²) in [5.74, 6) is -0.440. The summed E-state index contributed by atoms with van der Waals surface area (Å²) in [5, 5.41) is 4.52. The minimum Gasteiger partial charge on any atom is -0.379 e. The number of hydrogen-bond donors (Lipinski definition) is 2. The van der Waals surface area contributed by atoms with Gasteiger partial charge in [0.25, 0.3) is 5.91 Å². The van der Waals surface area contributed by atoms with E-state index < -0.39 is 5.91 Å². The van der Waals surface area contributed by atoms with Gasteiger partial charge in [0, 0.05) is 36.4 Å². The first-order chi connectivity index (χ1) is 14.2. The second-order valence-corrected chi connectivity index (χ2v) is 7.21. The number of nitrogens with two attached hydrogens (primary N) is 1. The van der Waals surface area contributed by atoms with Crippen LogP contribution in [0.15, 0.2) is 54.7 Å². The third kappa shape index (κ3) is 3.95. The maximum absolute atomic E-state index is 12.3. The van der Waals surface area contributed by atoms with E-state index in [1.54, 1.807) is 12.3 Å². The van der Waals surface area contributed by atoms with Gasteiger partial charge in [-0.25, -0.2) is 0 Å². The standard InChI is InChI=1S/C23H26N4O2/c1-2-21(27-12-14-29-15-13-27)17-7-5-8-18(23(24)28)22(17)26-20-10-11-25-19-9-4-3-6-16(19)20/h3-11,21H,2,12-15H2,1H3,(H2,24,28)(H,25,26). The molecule has 2 heterocycles. The highest BCUT2D eigenvalue weighted by Gasteiger charge is 2.25. The summed E-state index contributed by atoms with van der Waals surface area (Å²) in [4.78, 5) is 19.1. The van der Waals surface area contributed by atoms with E-state index in [1.807, 2.05) is 36.4 Å². The number of aromatic nitrogens is 1. The van der Waals surface area contributed by atoms with Crippen molar-refractivity contribution in [2.24, 2.45) is 5.73 Å².